The molecule has 0 saturated heterocycles. The number of nitriles is 2. The summed E-state index contributed by atoms with van der Waals surface area (Å²) in [5.41, 5.74) is 1.61. The molecule has 2 N–H and O–H groups in total. The lowest BCUT2D eigenvalue weighted by Gasteiger charge is -2.07. The second kappa shape index (κ2) is 7.65. The Hall–Kier alpha value is -3.28. The molecule has 0 aliphatic rings. The maximum atomic E-state index is 12.2. The third kappa shape index (κ3) is 4.60. The molecule has 0 spiro atoms. The van der Waals surface area contributed by atoms with Crippen LogP contribution in [0.5, 0.6) is 0 Å². The van der Waals surface area contributed by atoms with E-state index in [4.69, 9.17) is 22.1 Å². The van der Waals surface area contributed by atoms with Gasteiger partial charge in [-0.25, -0.2) is 0 Å². The van der Waals surface area contributed by atoms with Gasteiger partial charge in [-0.1, -0.05) is 17.7 Å². The summed E-state index contributed by atoms with van der Waals surface area (Å²) >= 11 is 5.80. The number of hydrogen-bond donors (Lipinski definition) is 2. The Kier molecular flexibility index (Phi) is 5.35. The lowest BCUT2D eigenvalue weighted by atomic mass is 10.2. The first-order chi connectivity index (χ1) is 11.1. The van der Waals surface area contributed by atoms with Crippen LogP contribution in [0.1, 0.15) is 10.4 Å². The molecule has 2 rings (SSSR count). The summed E-state index contributed by atoms with van der Waals surface area (Å²) in [5, 5.41) is 23.5. The van der Waals surface area contributed by atoms with Crippen LogP contribution in [0.15, 0.2) is 60.3 Å². The molecule has 2 aromatic rings. The number of nitrogens with zero attached hydrogens (tertiary/aromatic N) is 2. The molecule has 2 aromatic carbocycles. The topological polar surface area (TPSA) is 88.7 Å². The van der Waals surface area contributed by atoms with Gasteiger partial charge in [0.15, 0.2) is 0 Å². The molecule has 23 heavy (non-hydrogen) atoms. The van der Waals surface area contributed by atoms with Crippen molar-refractivity contribution in [2.24, 2.45) is 0 Å². The van der Waals surface area contributed by atoms with Crippen molar-refractivity contribution in [1.82, 2.24) is 0 Å². The number of benzene rings is 2. The number of allylic oxidation sites excluding steroid dienone is 1. The smallest absolute Gasteiger partial charge is 0.255 e. The molecule has 5 nitrogen and oxygen atoms in total. The first-order valence-corrected chi connectivity index (χ1v) is 6.94. The number of amides is 1. The normalized spacial score (nSPS) is 9.17. The maximum absolute atomic E-state index is 12.2. The van der Waals surface area contributed by atoms with Gasteiger partial charge in [0, 0.05) is 28.2 Å². The first kappa shape index (κ1) is 16.1. The summed E-state index contributed by atoms with van der Waals surface area (Å²) in [6.07, 6.45) is 1.29. The number of carbonyl (C=O) groups is 1. The fourth-order valence-corrected chi connectivity index (χ4v) is 1.86. The molecule has 0 aliphatic carbocycles. The van der Waals surface area contributed by atoms with Crippen molar-refractivity contribution in [3.8, 4) is 12.1 Å². The van der Waals surface area contributed by atoms with Gasteiger partial charge < -0.3 is 10.6 Å². The molecule has 112 valence electrons. The zero-order chi connectivity index (χ0) is 16.7. The van der Waals surface area contributed by atoms with Crippen LogP contribution in [0.25, 0.3) is 0 Å². The Morgan fingerprint density at radius 1 is 1.04 bits per heavy atom. The van der Waals surface area contributed by atoms with Crippen LogP contribution in [0.4, 0.5) is 11.4 Å². The molecular weight excluding hydrogens is 312 g/mol. The predicted octanol–water partition coefficient (Wildman–Crippen LogP) is 3.94. The van der Waals surface area contributed by atoms with Crippen LogP contribution in [0.3, 0.4) is 0 Å². The number of nitrogens with one attached hydrogen (secondary N) is 2. The quantitative estimate of drug-likeness (QED) is 0.834. The fourth-order valence-electron chi connectivity index (χ4n) is 1.73. The van der Waals surface area contributed by atoms with E-state index in [1.54, 1.807) is 60.7 Å². The highest BCUT2D eigenvalue weighted by Gasteiger charge is 2.06. The number of halogens is 1. The number of carbonyl (C=O) groups excluding carboxylic acids is 1. The van der Waals surface area contributed by atoms with E-state index in [0.29, 0.717) is 22.0 Å². The number of rotatable bonds is 4. The van der Waals surface area contributed by atoms with Crippen LogP contribution >= 0.6 is 11.6 Å². The van der Waals surface area contributed by atoms with Gasteiger partial charge in [-0.3, -0.25) is 4.79 Å². The fraction of sp³-hybridized carbons (Fsp3) is 0. The Morgan fingerprint density at radius 3 is 2.39 bits per heavy atom. The standard InChI is InChI=1S/C17H11ClN4O/c18-14-4-6-15(7-5-14)22-17(23)13-2-1-3-16(8-13)21-11-12(9-19)10-20/h1-8,11,21H,(H,22,23). The van der Waals surface area contributed by atoms with E-state index in [-0.39, 0.29) is 11.5 Å². The first-order valence-electron chi connectivity index (χ1n) is 6.56. The van der Waals surface area contributed by atoms with Crippen molar-refractivity contribution >= 4 is 28.9 Å². The van der Waals surface area contributed by atoms with E-state index < -0.39 is 0 Å². The average Bonchev–Trinajstić information content (AvgIpc) is 2.58. The van der Waals surface area contributed by atoms with Gasteiger partial charge in [0.05, 0.1) is 0 Å². The minimum absolute atomic E-state index is 0.0546. The van der Waals surface area contributed by atoms with Crippen molar-refractivity contribution in [1.29, 1.82) is 10.5 Å². The Labute approximate surface area is 138 Å². The van der Waals surface area contributed by atoms with E-state index in [9.17, 15) is 4.79 Å². The van der Waals surface area contributed by atoms with Crippen LogP contribution in [-0.2, 0) is 0 Å². The Balaban J connectivity index is 2.11. The maximum Gasteiger partial charge on any atom is 0.255 e. The van der Waals surface area contributed by atoms with Crippen LogP contribution in [0.2, 0.25) is 5.02 Å². The zero-order valence-electron chi connectivity index (χ0n) is 11.9. The monoisotopic (exact) mass is 322 g/mol. The van der Waals surface area contributed by atoms with Gasteiger partial charge in [0.1, 0.15) is 17.7 Å². The second-order valence-electron chi connectivity index (χ2n) is 4.47. The number of anilines is 2. The minimum Gasteiger partial charge on any atom is -0.360 e. The zero-order valence-corrected chi connectivity index (χ0v) is 12.6. The van der Waals surface area contributed by atoms with Gasteiger partial charge in [0.2, 0.25) is 0 Å². The highest BCUT2D eigenvalue weighted by Crippen LogP contribution is 2.16. The summed E-state index contributed by atoms with van der Waals surface area (Å²) in [7, 11) is 0. The molecule has 1 amide bonds. The molecule has 0 atom stereocenters. The Bertz CT molecular complexity index is 813. The van der Waals surface area contributed by atoms with Gasteiger partial charge in [-0.2, -0.15) is 10.5 Å². The SMILES string of the molecule is N#CC(C#N)=CNc1cccc(C(=O)Nc2ccc(Cl)cc2)c1. The molecule has 6 heteroatoms. The molecular formula is C17H11ClN4O. The summed E-state index contributed by atoms with van der Waals surface area (Å²) in [6, 6.07) is 17.0. The summed E-state index contributed by atoms with van der Waals surface area (Å²) in [6.45, 7) is 0. The molecule has 0 bridgehead atoms. The van der Waals surface area contributed by atoms with Crippen LogP contribution in [0, 0.1) is 22.7 Å². The highest BCUT2D eigenvalue weighted by molar-refractivity contribution is 6.30. The molecule has 0 aliphatic heterocycles. The third-order valence-electron chi connectivity index (χ3n) is 2.85. The van der Waals surface area contributed by atoms with Gasteiger partial charge in [-0.15, -0.1) is 0 Å². The summed E-state index contributed by atoms with van der Waals surface area (Å²) < 4.78 is 0. The van der Waals surface area contributed by atoms with E-state index >= 15 is 0 Å². The average molecular weight is 323 g/mol. The summed E-state index contributed by atoms with van der Waals surface area (Å²) in [5.74, 6) is -0.277. The molecule has 0 saturated carbocycles. The molecule has 0 radical (unpaired) electrons. The van der Waals surface area contributed by atoms with Crippen molar-refractivity contribution in [3.63, 3.8) is 0 Å². The van der Waals surface area contributed by atoms with Crippen molar-refractivity contribution in [2.75, 3.05) is 10.6 Å². The lowest BCUT2D eigenvalue weighted by molar-refractivity contribution is 0.102. The minimum atomic E-state index is -0.277. The highest BCUT2D eigenvalue weighted by atomic mass is 35.5. The number of hydrogen-bond acceptors (Lipinski definition) is 4. The molecule has 0 unspecified atom stereocenters. The third-order valence-corrected chi connectivity index (χ3v) is 3.10. The molecule has 0 fully saturated rings. The van der Waals surface area contributed by atoms with E-state index in [1.165, 1.54) is 6.20 Å². The van der Waals surface area contributed by atoms with Crippen molar-refractivity contribution < 1.29 is 4.79 Å². The van der Waals surface area contributed by atoms with E-state index in [2.05, 4.69) is 10.6 Å². The largest absolute Gasteiger partial charge is 0.360 e. The van der Waals surface area contributed by atoms with Gasteiger partial charge >= 0.3 is 0 Å². The summed E-state index contributed by atoms with van der Waals surface area (Å²) in [4.78, 5) is 12.2. The van der Waals surface area contributed by atoms with Crippen LogP contribution < -0.4 is 10.6 Å². The lowest BCUT2D eigenvalue weighted by Crippen LogP contribution is -2.11. The van der Waals surface area contributed by atoms with Crippen molar-refractivity contribution in [2.45, 2.75) is 0 Å². The van der Waals surface area contributed by atoms with E-state index in [1.807, 2.05) is 0 Å². The van der Waals surface area contributed by atoms with Gasteiger partial charge in [0.25, 0.3) is 5.91 Å². The Morgan fingerprint density at radius 2 is 1.74 bits per heavy atom. The second-order valence-corrected chi connectivity index (χ2v) is 4.90. The van der Waals surface area contributed by atoms with Crippen molar-refractivity contribution in [3.05, 3.63) is 70.9 Å². The predicted molar refractivity (Wildman–Crippen MR) is 88.8 cm³/mol. The molecule has 0 heterocycles. The molecule has 0 aromatic heterocycles. The van der Waals surface area contributed by atoms with E-state index in [0.717, 1.165) is 0 Å². The van der Waals surface area contributed by atoms with Crippen LogP contribution in [-0.4, -0.2) is 5.91 Å². The van der Waals surface area contributed by atoms with Gasteiger partial charge in [-0.05, 0) is 42.5 Å².